The van der Waals surface area contributed by atoms with Crippen molar-refractivity contribution < 1.29 is 4.79 Å². The van der Waals surface area contributed by atoms with E-state index in [-0.39, 0.29) is 5.91 Å². The average Bonchev–Trinajstić information content (AvgIpc) is 3.60. The van der Waals surface area contributed by atoms with E-state index in [1.54, 1.807) is 34.9 Å². The topological polar surface area (TPSA) is 63.9 Å². The molecule has 0 fully saturated rings. The first-order valence-electron chi connectivity index (χ1n) is 10.2. The number of thioether (sulfide) groups is 1. The number of carbonyl (C=O) groups excluding carboxylic acids is 1. The zero-order valence-electron chi connectivity index (χ0n) is 17.7. The highest BCUT2D eigenvalue weighted by molar-refractivity contribution is 7.98. The fourth-order valence-electron chi connectivity index (χ4n) is 3.35. The Hall–Kier alpha value is -3.27. The van der Waals surface area contributed by atoms with Crippen LogP contribution in [0.5, 0.6) is 0 Å². The van der Waals surface area contributed by atoms with Gasteiger partial charge in [-0.25, -0.2) is 4.98 Å². The molecule has 164 valence electrons. The summed E-state index contributed by atoms with van der Waals surface area (Å²) in [7, 11) is 0. The van der Waals surface area contributed by atoms with E-state index in [2.05, 4.69) is 33.0 Å². The van der Waals surface area contributed by atoms with E-state index >= 15 is 0 Å². The smallest absolute Gasteiger partial charge is 0.230 e. The van der Waals surface area contributed by atoms with Crippen molar-refractivity contribution in [3.05, 3.63) is 89.3 Å². The molecule has 0 aliphatic carbocycles. The molecular formula is C24H19N5OS3. The molecule has 0 N–H and O–H groups in total. The Morgan fingerprint density at radius 2 is 1.73 bits per heavy atom. The van der Waals surface area contributed by atoms with Crippen LogP contribution in [-0.4, -0.2) is 25.7 Å². The minimum Gasteiger partial charge on any atom is -0.274 e. The number of nitrogens with zero attached hydrogens (tertiary/aromatic N) is 5. The van der Waals surface area contributed by atoms with Crippen LogP contribution in [0.1, 0.15) is 12.6 Å². The maximum atomic E-state index is 12.3. The van der Waals surface area contributed by atoms with Gasteiger partial charge in [-0.1, -0.05) is 54.2 Å². The Bertz CT molecular complexity index is 1350. The number of thiophene rings is 1. The highest BCUT2D eigenvalue weighted by Gasteiger charge is 2.20. The van der Waals surface area contributed by atoms with Gasteiger partial charge >= 0.3 is 0 Å². The summed E-state index contributed by atoms with van der Waals surface area (Å²) < 4.78 is 2.08. The van der Waals surface area contributed by atoms with Gasteiger partial charge in [-0.15, -0.1) is 32.9 Å². The molecule has 0 aliphatic rings. The van der Waals surface area contributed by atoms with Crippen LogP contribution >= 0.6 is 34.4 Å². The summed E-state index contributed by atoms with van der Waals surface area (Å²) in [5.74, 6) is 1.37. The zero-order valence-corrected chi connectivity index (χ0v) is 20.1. The lowest BCUT2D eigenvalue weighted by atomic mass is 10.3. The standard InChI is InChI=1S/C24H19N5OS3/c1-17(30)28(19-9-4-2-5-10-19)23-25-18(15-32-23)16-33-24-27-26-22(21-13-8-14-31-21)29(24)20-11-6-3-7-12-20/h2-15H,16H2,1H3. The second-order valence-corrected chi connectivity index (χ2v) is 9.78. The van der Waals surface area contributed by atoms with Crippen molar-refractivity contribution in [1.82, 2.24) is 19.7 Å². The average molecular weight is 490 g/mol. The molecular weight excluding hydrogens is 470 g/mol. The summed E-state index contributed by atoms with van der Waals surface area (Å²) in [5.41, 5.74) is 2.71. The first-order chi connectivity index (χ1) is 16.2. The van der Waals surface area contributed by atoms with Crippen molar-refractivity contribution in [3.8, 4) is 16.4 Å². The number of amides is 1. The number of hydrogen-bond donors (Lipinski definition) is 0. The van der Waals surface area contributed by atoms with Gasteiger partial charge < -0.3 is 0 Å². The maximum Gasteiger partial charge on any atom is 0.230 e. The second-order valence-electron chi connectivity index (χ2n) is 7.05. The zero-order chi connectivity index (χ0) is 22.6. The first kappa shape index (κ1) is 21.6. The molecule has 0 saturated carbocycles. The third kappa shape index (κ3) is 4.61. The van der Waals surface area contributed by atoms with Gasteiger partial charge in [0.15, 0.2) is 16.1 Å². The minimum absolute atomic E-state index is 0.0702. The number of thiazole rings is 1. The van der Waals surface area contributed by atoms with Crippen molar-refractivity contribution in [2.45, 2.75) is 17.8 Å². The summed E-state index contributed by atoms with van der Waals surface area (Å²) in [4.78, 5) is 19.7. The fourth-order valence-corrected chi connectivity index (χ4v) is 5.88. The lowest BCUT2D eigenvalue weighted by Crippen LogP contribution is -2.22. The molecule has 2 aromatic carbocycles. The Morgan fingerprint density at radius 3 is 2.42 bits per heavy atom. The van der Waals surface area contributed by atoms with E-state index in [0.717, 1.165) is 32.9 Å². The molecule has 0 aliphatic heterocycles. The SMILES string of the molecule is CC(=O)N(c1ccccc1)c1nc(CSc2nnc(-c3cccs3)n2-c2ccccc2)cs1. The molecule has 0 bridgehead atoms. The monoisotopic (exact) mass is 489 g/mol. The molecule has 0 saturated heterocycles. The summed E-state index contributed by atoms with van der Waals surface area (Å²) in [6.45, 7) is 1.55. The van der Waals surface area contributed by atoms with Crippen molar-refractivity contribution in [2.24, 2.45) is 0 Å². The first-order valence-corrected chi connectivity index (χ1v) is 12.9. The Labute approximate surface area is 203 Å². The van der Waals surface area contributed by atoms with Crippen LogP contribution in [0.15, 0.2) is 88.7 Å². The number of para-hydroxylation sites is 2. The summed E-state index contributed by atoms with van der Waals surface area (Å²) in [6, 6.07) is 23.8. The number of rotatable bonds is 7. The lowest BCUT2D eigenvalue weighted by Gasteiger charge is -2.17. The summed E-state index contributed by atoms with van der Waals surface area (Å²) in [5, 5.41) is 14.4. The van der Waals surface area contributed by atoms with Crippen LogP contribution in [0, 0.1) is 0 Å². The third-order valence-corrected chi connectivity index (χ3v) is 7.50. The van der Waals surface area contributed by atoms with Crippen LogP contribution in [0.4, 0.5) is 10.8 Å². The van der Waals surface area contributed by atoms with Gasteiger partial charge in [0, 0.05) is 23.7 Å². The number of anilines is 2. The van der Waals surface area contributed by atoms with Crippen molar-refractivity contribution in [3.63, 3.8) is 0 Å². The highest BCUT2D eigenvalue weighted by Crippen LogP contribution is 2.34. The van der Waals surface area contributed by atoms with E-state index < -0.39 is 0 Å². The molecule has 3 aromatic heterocycles. The van der Waals surface area contributed by atoms with Crippen molar-refractivity contribution in [1.29, 1.82) is 0 Å². The van der Waals surface area contributed by atoms with Crippen LogP contribution in [0.3, 0.4) is 0 Å². The molecule has 0 spiro atoms. The van der Waals surface area contributed by atoms with E-state index in [1.165, 1.54) is 11.3 Å². The Morgan fingerprint density at radius 1 is 0.970 bits per heavy atom. The van der Waals surface area contributed by atoms with Gasteiger partial charge in [-0.3, -0.25) is 14.3 Å². The largest absolute Gasteiger partial charge is 0.274 e. The van der Waals surface area contributed by atoms with E-state index in [1.807, 2.05) is 65.4 Å². The molecule has 6 nitrogen and oxygen atoms in total. The molecule has 33 heavy (non-hydrogen) atoms. The molecule has 1 amide bonds. The normalized spacial score (nSPS) is 10.9. The molecule has 5 rings (SSSR count). The molecule has 3 heterocycles. The lowest BCUT2D eigenvalue weighted by molar-refractivity contribution is -0.115. The van der Waals surface area contributed by atoms with Crippen LogP contribution in [0.2, 0.25) is 0 Å². The van der Waals surface area contributed by atoms with Gasteiger partial charge in [0.05, 0.1) is 16.3 Å². The van der Waals surface area contributed by atoms with Crippen LogP contribution < -0.4 is 4.90 Å². The van der Waals surface area contributed by atoms with Gasteiger partial charge in [0.2, 0.25) is 5.91 Å². The predicted octanol–water partition coefficient (Wildman–Crippen LogP) is 6.43. The Balaban J connectivity index is 1.41. The number of aromatic nitrogens is 4. The predicted molar refractivity (Wildman–Crippen MR) is 136 cm³/mol. The second kappa shape index (κ2) is 9.70. The summed E-state index contributed by atoms with van der Waals surface area (Å²) in [6.07, 6.45) is 0. The molecule has 9 heteroatoms. The minimum atomic E-state index is -0.0702. The van der Waals surface area contributed by atoms with Gasteiger partial charge in [0.25, 0.3) is 0 Å². The molecule has 0 radical (unpaired) electrons. The van der Waals surface area contributed by atoms with Crippen molar-refractivity contribution in [2.75, 3.05) is 4.90 Å². The fraction of sp³-hybridized carbons (Fsp3) is 0.0833. The van der Waals surface area contributed by atoms with Crippen LogP contribution in [-0.2, 0) is 10.5 Å². The number of carbonyl (C=O) groups is 1. The number of hydrogen-bond acceptors (Lipinski definition) is 7. The van der Waals surface area contributed by atoms with E-state index in [4.69, 9.17) is 4.98 Å². The van der Waals surface area contributed by atoms with Crippen molar-refractivity contribution >= 4 is 51.2 Å². The van der Waals surface area contributed by atoms with Gasteiger partial charge in [-0.05, 0) is 35.7 Å². The van der Waals surface area contributed by atoms with Crippen LogP contribution in [0.25, 0.3) is 16.4 Å². The van der Waals surface area contributed by atoms with Gasteiger partial charge in [-0.2, -0.15) is 0 Å². The molecule has 5 aromatic rings. The third-order valence-electron chi connectivity index (χ3n) is 4.80. The Kier molecular flexibility index (Phi) is 6.34. The maximum absolute atomic E-state index is 12.3. The summed E-state index contributed by atoms with van der Waals surface area (Å²) >= 11 is 4.68. The van der Waals surface area contributed by atoms with E-state index in [9.17, 15) is 4.79 Å². The number of benzene rings is 2. The van der Waals surface area contributed by atoms with E-state index in [0.29, 0.717) is 10.9 Å². The highest BCUT2D eigenvalue weighted by atomic mass is 32.2. The molecule has 0 unspecified atom stereocenters. The molecule has 0 atom stereocenters. The quantitative estimate of drug-likeness (QED) is 0.247. The van der Waals surface area contributed by atoms with Gasteiger partial charge in [0.1, 0.15) is 0 Å².